The number of hydrogen-bond acceptors (Lipinski definition) is 6. The lowest BCUT2D eigenvalue weighted by atomic mass is 9.93. The number of methoxy groups -OCH3 is 2. The van der Waals surface area contributed by atoms with Gasteiger partial charge in [0.15, 0.2) is 17.3 Å². The number of carbonyl (C=O) groups excluding carboxylic acids is 2. The van der Waals surface area contributed by atoms with Crippen LogP contribution in [0, 0.1) is 5.92 Å². The molecule has 2 N–H and O–H groups in total. The monoisotopic (exact) mass is 455 g/mol. The number of fused-ring (bicyclic) bond motifs is 1. The number of aromatic nitrogens is 1. The number of hydrogen-bond donors (Lipinski definition) is 1. The van der Waals surface area contributed by atoms with Crippen LogP contribution in [0.15, 0.2) is 48.7 Å². The summed E-state index contributed by atoms with van der Waals surface area (Å²) in [6.45, 7) is 1.24. The van der Waals surface area contributed by atoms with E-state index in [-0.39, 0.29) is 30.0 Å². The summed E-state index contributed by atoms with van der Waals surface area (Å²) in [4.78, 5) is 31.7. The highest BCUT2D eigenvalue weighted by Gasteiger charge is 2.28. The van der Waals surface area contributed by atoms with Crippen molar-refractivity contribution in [3.8, 4) is 11.5 Å². The summed E-state index contributed by atoms with van der Waals surface area (Å²) in [6, 6.07) is 12.8. The zero-order valence-electron chi connectivity index (χ0n) is 18.0. The molecular weight excluding hydrogens is 430 g/mol. The maximum Gasteiger partial charge on any atom is 0.220 e. The van der Waals surface area contributed by atoms with Gasteiger partial charge in [0.25, 0.3) is 0 Å². The van der Waals surface area contributed by atoms with Crippen LogP contribution in [-0.4, -0.2) is 44.0 Å². The van der Waals surface area contributed by atoms with Crippen molar-refractivity contribution in [2.24, 2.45) is 11.7 Å². The van der Waals surface area contributed by atoms with Crippen LogP contribution in [0.5, 0.6) is 11.5 Å². The molecule has 1 aliphatic rings. The zero-order chi connectivity index (χ0) is 22.0. The number of ether oxygens (including phenoxy) is 2. The van der Waals surface area contributed by atoms with Crippen LogP contribution in [0.1, 0.15) is 28.8 Å². The van der Waals surface area contributed by atoms with Crippen molar-refractivity contribution in [1.29, 1.82) is 0 Å². The number of carbonyl (C=O) groups is 2. The average molecular weight is 456 g/mol. The first-order valence-corrected chi connectivity index (χ1v) is 10.2. The second-order valence-corrected chi connectivity index (χ2v) is 7.60. The van der Waals surface area contributed by atoms with Crippen molar-refractivity contribution in [2.75, 3.05) is 32.2 Å². The molecule has 8 heteroatoms. The van der Waals surface area contributed by atoms with E-state index in [1.807, 2.05) is 30.3 Å². The number of halogens is 1. The quantitative estimate of drug-likeness (QED) is 0.570. The number of anilines is 1. The van der Waals surface area contributed by atoms with E-state index in [2.05, 4.69) is 9.88 Å². The SMILES string of the molecule is COc1cc2ncc(C(=O)c3ccccc3)c(N3CCC(C(N)=O)CC3)c2cc1OC.Cl. The summed E-state index contributed by atoms with van der Waals surface area (Å²) >= 11 is 0. The highest BCUT2D eigenvalue weighted by Crippen LogP contribution is 2.39. The number of primary amides is 1. The summed E-state index contributed by atoms with van der Waals surface area (Å²) in [5.74, 6) is 0.618. The molecule has 2 heterocycles. The molecule has 1 fully saturated rings. The molecule has 0 radical (unpaired) electrons. The van der Waals surface area contributed by atoms with Gasteiger partial charge in [0.2, 0.25) is 5.91 Å². The molecule has 1 amide bonds. The lowest BCUT2D eigenvalue weighted by molar-refractivity contribution is -0.122. The summed E-state index contributed by atoms with van der Waals surface area (Å²) in [6.07, 6.45) is 2.91. The van der Waals surface area contributed by atoms with E-state index >= 15 is 0 Å². The number of amides is 1. The van der Waals surface area contributed by atoms with Gasteiger partial charge in [0.1, 0.15) is 0 Å². The minimum atomic E-state index is -0.272. The first-order valence-electron chi connectivity index (χ1n) is 10.2. The van der Waals surface area contributed by atoms with Gasteiger partial charge in [-0.1, -0.05) is 30.3 Å². The van der Waals surface area contributed by atoms with Crippen molar-refractivity contribution < 1.29 is 19.1 Å². The van der Waals surface area contributed by atoms with Crippen LogP contribution in [0.25, 0.3) is 10.9 Å². The third-order valence-electron chi connectivity index (χ3n) is 5.84. The maximum absolute atomic E-state index is 13.4. The number of ketones is 1. The van der Waals surface area contributed by atoms with Gasteiger partial charge in [0.05, 0.1) is 31.0 Å². The van der Waals surface area contributed by atoms with Gasteiger partial charge in [0, 0.05) is 42.2 Å². The van der Waals surface area contributed by atoms with Crippen molar-refractivity contribution in [2.45, 2.75) is 12.8 Å². The van der Waals surface area contributed by atoms with Gasteiger partial charge in [-0.15, -0.1) is 12.4 Å². The summed E-state index contributed by atoms with van der Waals surface area (Å²) in [5, 5.41) is 0.803. The predicted molar refractivity (Wildman–Crippen MR) is 126 cm³/mol. The minimum Gasteiger partial charge on any atom is -0.493 e. The van der Waals surface area contributed by atoms with Crippen molar-refractivity contribution in [3.63, 3.8) is 0 Å². The Morgan fingerprint density at radius 1 is 1.03 bits per heavy atom. The maximum atomic E-state index is 13.4. The lowest BCUT2D eigenvalue weighted by Gasteiger charge is -2.34. The molecule has 0 bridgehead atoms. The normalized spacial score (nSPS) is 14.0. The molecule has 0 unspecified atom stereocenters. The fraction of sp³-hybridized carbons (Fsp3) is 0.292. The molecule has 32 heavy (non-hydrogen) atoms. The fourth-order valence-corrected chi connectivity index (χ4v) is 4.14. The van der Waals surface area contributed by atoms with E-state index in [0.29, 0.717) is 54.1 Å². The molecule has 168 valence electrons. The molecule has 0 atom stereocenters. The number of nitrogens with zero attached hydrogens (tertiary/aromatic N) is 2. The molecule has 0 spiro atoms. The fourth-order valence-electron chi connectivity index (χ4n) is 4.14. The lowest BCUT2D eigenvalue weighted by Crippen LogP contribution is -2.39. The number of piperidine rings is 1. The van der Waals surface area contributed by atoms with E-state index in [4.69, 9.17) is 15.2 Å². The third kappa shape index (κ3) is 4.34. The Labute approximate surface area is 192 Å². The minimum absolute atomic E-state index is 0. The molecule has 4 rings (SSSR count). The number of nitrogens with two attached hydrogens (primary N) is 1. The molecule has 7 nitrogen and oxygen atoms in total. The molecule has 2 aromatic carbocycles. The van der Waals surface area contributed by atoms with Crippen molar-refractivity contribution >= 4 is 40.7 Å². The number of rotatable bonds is 6. The Morgan fingerprint density at radius 3 is 2.25 bits per heavy atom. The Morgan fingerprint density at radius 2 is 1.66 bits per heavy atom. The molecule has 1 aromatic heterocycles. The summed E-state index contributed by atoms with van der Waals surface area (Å²) in [7, 11) is 3.15. The van der Waals surface area contributed by atoms with Crippen LogP contribution in [0.3, 0.4) is 0 Å². The average Bonchev–Trinajstić information content (AvgIpc) is 2.82. The second-order valence-electron chi connectivity index (χ2n) is 7.60. The zero-order valence-corrected chi connectivity index (χ0v) is 18.9. The number of pyridine rings is 1. The number of benzene rings is 2. The van der Waals surface area contributed by atoms with Gasteiger partial charge in [-0.2, -0.15) is 0 Å². The van der Waals surface area contributed by atoms with E-state index < -0.39 is 0 Å². The van der Waals surface area contributed by atoms with Crippen molar-refractivity contribution in [1.82, 2.24) is 4.98 Å². The molecule has 0 aliphatic carbocycles. The van der Waals surface area contributed by atoms with Crippen LogP contribution in [-0.2, 0) is 4.79 Å². The van der Waals surface area contributed by atoms with E-state index in [0.717, 1.165) is 11.1 Å². The van der Waals surface area contributed by atoms with Gasteiger partial charge in [-0.05, 0) is 18.9 Å². The molecule has 0 saturated carbocycles. The smallest absolute Gasteiger partial charge is 0.220 e. The van der Waals surface area contributed by atoms with E-state index in [1.54, 1.807) is 32.5 Å². The van der Waals surface area contributed by atoms with E-state index in [1.165, 1.54) is 0 Å². The predicted octanol–water partition coefficient (Wildman–Crippen LogP) is 3.61. The Balaban J connectivity index is 0.00000289. The first-order chi connectivity index (χ1) is 15.0. The van der Waals surface area contributed by atoms with Gasteiger partial charge in [-0.3, -0.25) is 14.6 Å². The topological polar surface area (TPSA) is 94.8 Å². The summed E-state index contributed by atoms with van der Waals surface area (Å²) < 4.78 is 10.9. The Hall–Kier alpha value is -3.32. The Bertz CT molecular complexity index is 1130. The highest BCUT2D eigenvalue weighted by molar-refractivity contribution is 6.16. The second kappa shape index (κ2) is 9.87. The standard InChI is InChI=1S/C24H25N3O4.ClH/c1-30-20-12-17-19(13-21(20)31-2)26-14-18(23(28)15-6-4-3-5-7-15)22(17)27-10-8-16(9-11-27)24(25)29;/h3-7,12-14,16H,8-11H2,1-2H3,(H2,25,29);1H. The third-order valence-corrected chi connectivity index (χ3v) is 5.84. The van der Waals surface area contributed by atoms with Gasteiger partial charge >= 0.3 is 0 Å². The van der Waals surface area contributed by atoms with Crippen LogP contribution in [0.4, 0.5) is 5.69 Å². The van der Waals surface area contributed by atoms with Crippen molar-refractivity contribution in [3.05, 3.63) is 59.8 Å². The molecule has 1 saturated heterocycles. The van der Waals surface area contributed by atoms with Crippen LogP contribution >= 0.6 is 12.4 Å². The van der Waals surface area contributed by atoms with E-state index in [9.17, 15) is 9.59 Å². The molecule has 1 aliphatic heterocycles. The van der Waals surface area contributed by atoms with Crippen LogP contribution in [0.2, 0.25) is 0 Å². The molecular formula is C24H26ClN3O4. The highest BCUT2D eigenvalue weighted by atomic mass is 35.5. The summed E-state index contributed by atoms with van der Waals surface area (Å²) in [5.41, 5.74) is 8.12. The first kappa shape index (κ1) is 23.3. The molecule has 3 aromatic rings. The van der Waals surface area contributed by atoms with Gasteiger partial charge in [-0.25, -0.2) is 0 Å². The van der Waals surface area contributed by atoms with Gasteiger partial charge < -0.3 is 20.1 Å². The van der Waals surface area contributed by atoms with Crippen LogP contribution < -0.4 is 20.1 Å². The largest absolute Gasteiger partial charge is 0.493 e. The Kier molecular flexibility index (Phi) is 7.20.